The molecule has 3 heterocycles. The zero-order valence-electron chi connectivity index (χ0n) is 13.7. The smallest absolute Gasteiger partial charge is 0.119 e. The van der Waals surface area contributed by atoms with E-state index < -0.39 is 0 Å². The van der Waals surface area contributed by atoms with Gasteiger partial charge in [-0.05, 0) is 55.0 Å². The Bertz CT molecular complexity index is 793. The Kier molecular flexibility index (Phi) is 4.39. The topological polar surface area (TPSA) is 34.1 Å². The first-order valence-corrected chi connectivity index (χ1v) is 9.95. The van der Waals surface area contributed by atoms with Gasteiger partial charge in [-0.2, -0.15) is 0 Å². The Labute approximate surface area is 150 Å². The van der Waals surface area contributed by atoms with Gasteiger partial charge in [-0.25, -0.2) is 4.98 Å². The molecule has 3 aromatic rings. The maximum Gasteiger partial charge on any atom is 0.119 e. The Morgan fingerprint density at radius 2 is 1.96 bits per heavy atom. The fourth-order valence-electron chi connectivity index (χ4n) is 3.15. The van der Waals surface area contributed by atoms with Crippen molar-refractivity contribution in [2.45, 2.75) is 38.5 Å². The van der Waals surface area contributed by atoms with Gasteiger partial charge in [-0.15, -0.1) is 22.7 Å². The number of benzene rings is 1. The summed E-state index contributed by atoms with van der Waals surface area (Å²) >= 11 is 3.55. The van der Waals surface area contributed by atoms with E-state index in [4.69, 9.17) is 4.74 Å². The van der Waals surface area contributed by atoms with E-state index >= 15 is 0 Å². The molecule has 1 N–H and O–H groups in total. The largest absolute Gasteiger partial charge is 0.491 e. The summed E-state index contributed by atoms with van der Waals surface area (Å²) in [6, 6.07) is 11.2. The lowest BCUT2D eigenvalue weighted by molar-refractivity contribution is 0.242. The molecule has 0 bridgehead atoms. The van der Waals surface area contributed by atoms with Gasteiger partial charge in [0.05, 0.1) is 18.2 Å². The fraction of sp³-hybridized carbons (Fsp3) is 0.316. The van der Waals surface area contributed by atoms with Crippen molar-refractivity contribution in [1.82, 2.24) is 10.3 Å². The number of ether oxygens (including phenoxy) is 1. The molecule has 5 heteroatoms. The zero-order chi connectivity index (χ0) is 16.5. The Hall–Kier alpha value is -1.69. The molecule has 0 aliphatic carbocycles. The molecule has 3 nitrogen and oxygen atoms in total. The SMILES string of the molecule is CC(C)Oc1ccc([C@@H]2N[C@H](c3nccs3)Cc3ccsc32)cc1. The number of nitrogens with zero attached hydrogens (tertiary/aromatic N) is 1. The summed E-state index contributed by atoms with van der Waals surface area (Å²) in [6.07, 6.45) is 3.09. The second-order valence-corrected chi connectivity index (χ2v) is 8.15. The van der Waals surface area contributed by atoms with Crippen molar-refractivity contribution in [2.24, 2.45) is 0 Å². The maximum atomic E-state index is 5.76. The van der Waals surface area contributed by atoms with Crippen LogP contribution in [0.3, 0.4) is 0 Å². The minimum absolute atomic E-state index is 0.196. The predicted octanol–water partition coefficient (Wildman–Crippen LogP) is 4.97. The standard InChI is InChI=1S/C19H20N2OS2/c1-12(2)22-15-5-3-13(4-6-15)17-18-14(7-9-23-18)11-16(21-17)19-20-8-10-24-19/h3-10,12,16-17,21H,11H2,1-2H3/t16-,17-/m0/s1. The highest BCUT2D eigenvalue weighted by atomic mass is 32.1. The van der Waals surface area contributed by atoms with Gasteiger partial charge in [0.2, 0.25) is 0 Å². The van der Waals surface area contributed by atoms with Gasteiger partial charge in [-0.1, -0.05) is 12.1 Å². The molecule has 2 aromatic heterocycles. The molecule has 1 aromatic carbocycles. The average Bonchev–Trinajstić information content (AvgIpc) is 3.25. The van der Waals surface area contributed by atoms with Crippen LogP contribution in [-0.4, -0.2) is 11.1 Å². The lowest BCUT2D eigenvalue weighted by atomic mass is 9.93. The van der Waals surface area contributed by atoms with Crippen LogP contribution in [0, 0.1) is 0 Å². The third-order valence-corrected chi connectivity index (χ3v) is 6.08. The van der Waals surface area contributed by atoms with Crippen LogP contribution in [0.1, 0.15) is 46.9 Å². The second-order valence-electron chi connectivity index (χ2n) is 6.27. The lowest BCUT2D eigenvalue weighted by Crippen LogP contribution is -2.33. The van der Waals surface area contributed by atoms with E-state index in [0.29, 0.717) is 0 Å². The number of hydrogen-bond donors (Lipinski definition) is 1. The molecule has 2 atom stereocenters. The van der Waals surface area contributed by atoms with Gasteiger partial charge in [-0.3, -0.25) is 5.32 Å². The maximum absolute atomic E-state index is 5.76. The first-order chi connectivity index (χ1) is 11.7. The molecule has 0 saturated carbocycles. The van der Waals surface area contributed by atoms with E-state index in [-0.39, 0.29) is 18.2 Å². The van der Waals surface area contributed by atoms with Gasteiger partial charge in [0.25, 0.3) is 0 Å². The van der Waals surface area contributed by atoms with Crippen LogP contribution in [-0.2, 0) is 6.42 Å². The molecule has 24 heavy (non-hydrogen) atoms. The normalized spacial score (nSPS) is 20.1. The first kappa shape index (κ1) is 15.8. The number of nitrogens with one attached hydrogen (secondary N) is 1. The summed E-state index contributed by atoms with van der Waals surface area (Å²) in [4.78, 5) is 5.93. The number of hydrogen-bond acceptors (Lipinski definition) is 5. The minimum atomic E-state index is 0.196. The molecular weight excluding hydrogens is 336 g/mol. The van der Waals surface area contributed by atoms with Gasteiger partial charge < -0.3 is 4.74 Å². The number of fused-ring (bicyclic) bond motifs is 1. The predicted molar refractivity (Wildman–Crippen MR) is 100 cm³/mol. The van der Waals surface area contributed by atoms with E-state index in [1.807, 2.05) is 36.8 Å². The van der Waals surface area contributed by atoms with E-state index in [0.717, 1.165) is 17.2 Å². The van der Waals surface area contributed by atoms with Crippen molar-refractivity contribution in [3.63, 3.8) is 0 Å². The van der Waals surface area contributed by atoms with Crippen LogP contribution in [0.25, 0.3) is 0 Å². The Balaban J connectivity index is 1.64. The summed E-state index contributed by atoms with van der Waals surface area (Å²) in [6.45, 7) is 4.10. The molecule has 4 rings (SSSR count). The zero-order valence-corrected chi connectivity index (χ0v) is 15.4. The van der Waals surface area contributed by atoms with Crippen molar-refractivity contribution >= 4 is 22.7 Å². The Morgan fingerprint density at radius 1 is 1.12 bits per heavy atom. The molecule has 0 radical (unpaired) electrons. The third-order valence-electron chi connectivity index (χ3n) is 4.17. The molecule has 0 fully saturated rings. The summed E-state index contributed by atoms with van der Waals surface area (Å²) in [7, 11) is 0. The van der Waals surface area contributed by atoms with Crippen LogP contribution in [0.5, 0.6) is 5.75 Å². The summed E-state index contributed by atoms with van der Waals surface area (Å²) < 4.78 is 5.76. The van der Waals surface area contributed by atoms with Crippen LogP contribution in [0.4, 0.5) is 0 Å². The summed E-state index contributed by atoms with van der Waals surface area (Å²) in [5.41, 5.74) is 2.71. The number of thiophene rings is 1. The van der Waals surface area contributed by atoms with E-state index in [2.05, 4.69) is 46.0 Å². The molecular formula is C19H20N2OS2. The van der Waals surface area contributed by atoms with Crippen LogP contribution >= 0.6 is 22.7 Å². The van der Waals surface area contributed by atoms with Gasteiger partial charge in [0.15, 0.2) is 0 Å². The molecule has 124 valence electrons. The number of rotatable bonds is 4. The highest BCUT2D eigenvalue weighted by Crippen LogP contribution is 2.39. The van der Waals surface area contributed by atoms with Gasteiger partial charge in [0, 0.05) is 16.5 Å². The fourth-order valence-corrected chi connectivity index (χ4v) is 4.87. The van der Waals surface area contributed by atoms with Crippen molar-refractivity contribution in [3.8, 4) is 5.75 Å². The highest BCUT2D eigenvalue weighted by molar-refractivity contribution is 7.10. The molecule has 0 unspecified atom stereocenters. The Morgan fingerprint density at radius 3 is 2.67 bits per heavy atom. The van der Waals surface area contributed by atoms with Crippen molar-refractivity contribution in [2.75, 3.05) is 0 Å². The van der Waals surface area contributed by atoms with E-state index in [9.17, 15) is 0 Å². The average molecular weight is 357 g/mol. The summed E-state index contributed by atoms with van der Waals surface area (Å²) in [5, 5.41) is 9.20. The first-order valence-electron chi connectivity index (χ1n) is 8.19. The van der Waals surface area contributed by atoms with Crippen molar-refractivity contribution < 1.29 is 4.74 Å². The van der Waals surface area contributed by atoms with Crippen LogP contribution < -0.4 is 10.1 Å². The number of thiazole rings is 1. The second kappa shape index (κ2) is 6.67. The molecule has 0 amide bonds. The number of aromatic nitrogens is 1. The van der Waals surface area contributed by atoms with E-state index in [1.165, 1.54) is 16.0 Å². The van der Waals surface area contributed by atoms with E-state index in [1.54, 1.807) is 11.3 Å². The van der Waals surface area contributed by atoms with Gasteiger partial charge in [0.1, 0.15) is 10.8 Å². The van der Waals surface area contributed by atoms with Crippen molar-refractivity contribution in [1.29, 1.82) is 0 Å². The molecule has 0 spiro atoms. The van der Waals surface area contributed by atoms with Gasteiger partial charge >= 0.3 is 0 Å². The monoisotopic (exact) mass is 356 g/mol. The minimum Gasteiger partial charge on any atom is -0.491 e. The molecule has 1 aliphatic heterocycles. The third kappa shape index (κ3) is 3.11. The molecule has 0 saturated heterocycles. The quantitative estimate of drug-likeness (QED) is 0.717. The highest BCUT2D eigenvalue weighted by Gasteiger charge is 2.30. The lowest BCUT2D eigenvalue weighted by Gasteiger charge is -2.30. The van der Waals surface area contributed by atoms with Crippen LogP contribution in [0.15, 0.2) is 47.3 Å². The van der Waals surface area contributed by atoms with Crippen molar-refractivity contribution in [3.05, 3.63) is 68.3 Å². The van der Waals surface area contributed by atoms with Crippen LogP contribution in [0.2, 0.25) is 0 Å². The molecule has 1 aliphatic rings. The summed E-state index contributed by atoms with van der Waals surface area (Å²) in [5.74, 6) is 0.924.